The maximum atomic E-state index is 14.0. The van der Waals surface area contributed by atoms with Gasteiger partial charge in [0.15, 0.2) is 6.10 Å². The Balaban J connectivity index is 0.941. The standard InChI is InChI=1S/C60H72ClN5O12/c1-33(2)27-49-57(71)76-47(19-14-20-50(67)65-46(29-38-23-26-48(74-9)45(61)28-38)55(69)63-32-60(7,8)58(72)77-49)35(5)52-53(78-52)39-24-21-37(22-25-39)30-62-54(68)36(6)64-56(70)51(34(3)4)66-59(73)75-31-44-42-17-12-10-15-40(42)41-16-11-13-18-43(41)44/h10-18,20-26,28,33-36,44,46-47,49,51-53H,19,27,29-32H2,1-9H3,(H,62,68)(H,63,69)(H,64,70)(H,65,67)(H,66,73)/b20-14-/t35?,36-,46+,47-,49-,51-,52-,53+/m0/s1. The smallest absolute Gasteiger partial charge is 0.407 e. The molecule has 0 spiro atoms. The quantitative estimate of drug-likeness (QED) is 0.0388. The SMILES string of the molecule is COc1ccc(C[C@H]2NC(=O)/C=C\C[C@@H](C(C)[C@@H]3O[C@@H]3c3ccc(CNC(=O)[C@H](C)NC(=O)[C@@H](NC(=O)OCC4c5ccccc5-c5ccccc54)C(C)C)cc3)OC(=O)[C@H](CC(C)C)OC(=O)C(C)(C)CNC2=O)cc1Cl. The number of carbonyl (C=O) groups excluding carboxylic acids is 7. The van der Waals surface area contributed by atoms with Crippen LogP contribution in [0.1, 0.15) is 108 Å². The Kier molecular flexibility index (Phi) is 19.4. The van der Waals surface area contributed by atoms with Crippen LogP contribution in [0.2, 0.25) is 5.02 Å². The Hall–Kier alpha value is -7.24. The van der Waals surface area contributed by atoms with E-state index < -0.39 is 89.4 Å². The molecule has 3 aliphatic rings. The van der Waals surface area contributed by atoms with Gasteiger partial charge in [0.2, 0.25) is 23.6 Å². The van der Waals surface area contributed by atoms with E-state index in [9.17, 15) is 33.6 Å². The van der Waals surface area contributed by atoms with Gasteiger partial charge < -0.3 is 50.3 Å². The molecule has 2 aliphatic heterocycles. The Labute approximate surface area is 461 Å². The first-order valence-electron chi connectivity index (χ1n) is 26.6. The Morgan fingerprint density at radius 1 is 0.821 bits per heavy atom. The van der Waals surface area contributed by atoms with Gasteiger partial charge in [-0.2, -0.15) is 0 Å². The normalized spacial score (nSPS) is 22.0. The number of halogens is 1. The van der Waals surface area contributed by atoms with Gasteiger partial charge in [0, 0.05) is 37.8 Å². The van der Waals surface area contributed by atoms with Gasteiger partial charge in [0.1, 0.15) is 42.7 Å². The number of alkyl carbamates (subject to hydrolysis) is 1. The fourth-order valence-electron chi connectivity index (χ4n) is 9.66. The van der Waals surface area contributed by atoms with Crippen molar-refractivity contribution in [3.63, 3.8) is 0 Å². The number of hydrogen-bond acceptors (Lipinski definition) is 12. The molecule has 0 bridgehead atoms. The van der Waals surface area contributed by atoms with E-state index in [2.05, 4.69) is 38.7 Å². The molecule has 1 unspecified atom stereocenters. The second-order valence-electron chi connectivity index (χ2n) is 21.7. The average molecular weight is 1090 g/mol. The van der Waals surface area contributed by atoms with Crippen LogP contribution in [0.5, 0.6) is 5.75 Å². The van der Waals surface area contributed by atoms with Crippen molar-refractivity contribution in [3.8, 4) is 16.9 Å². The highest BCUT2D eigenvalue weighted by Gasteiger charge is 2.48. The molecule has 4 aromatic rings. The number of nitrogens with one attached hydrogen (secondary N) is 5. The van der Waals surface area contributed by atoms with Gasteiger partial charge in [0.05, 0.1) is 23.7 Å². The fraction of sp³-hybridized carbons (Fsp3) is 0.450. The van der Waals surface area contributed by atoms with E-state index in [4.69, 9.17) is 35.3 Å². The first-order chi connectivity index (χ1) is 37.1. The molecule has 18 heteroatoms. The van der Waals surface area contributed by atoms with Crippen molar-refractivity contribution < 1.29 is 57.2 Å². The van der Waals surface area contributed by atoms with E-state index in [1.807, 2.05) is 81.4 Å². The lowest BCUT2D eigenvalue weighted by Gasteiger charge is -2.29. The first kappa shape index (κ1) is 58.4. The Bertz CT molecular complexity index is 2820. The molecule has 8 atom stereocenters. The van der Waals surface area contributed by atoms with Crippen LogP contribution in [0.25, 0.3) is 11.1 Å². The van der Waals surface area contributed by atoms with E-state index in [0.717, 1.165) is 33.4 Å². The number of amides is 5. The van der Waals surface area contributed by atoms with E-state index in [1.165, 1.54) is 13.2 Å². The van der Waals surface area contributed by atoms with Crippen LogP contribution in [-0.2, 0) is 60.7 Å². The van der Waals surface area contributed by atoms with Crippen molar-refractivity contribution >= 4 is 53.3 Å². The number of cyclic esters (lactones) is 2. The van der Waals surface area contributed by atoms with Gasteiger partial charge in [-0.1, -0.05) is 131 Å². The summed E-state index contributed by atoms with van der Waals surface area (Å²) in [7, 11) is 1.49. The summed E-state index contributed by atoms with van der Waals surface area (Å²) in [5.41, 5.74) is 5.36. The van der Waals surface area contributed by atoms with Crippen LogP contribution in [-0.4, -0.2) is 98.4 Å². The minimum absolute atomic E-state index is 0.0528. The van der Waals surface area contributed by atoms with Crippen LogP contribution in [0.3, 0.4) is 0 Å². The van der Waals surface area contributed by atoms with Crippen LogP contribution in [0, 0.1) is 23.2 Å². The number of rotatable bonds is 17. The van der Waals surface area contributed by atoms with Crippen LogP contribution in [0.15, 0.2) is 103 Å². The zero-order chi connectivity index (χ0) is 56.4. The topological polar surface area (TPSA) is 229 Å². The summed E-state index contributed by atoms with van der Waals surface area (Å²) in [6.45, 7) is 14.1. The van der Waals surface area contributed by atoms with Gasteiger partial charge in [-0.05, 0) is 96.2 Å². The summed E-state index contributed by atoms with van der Waals surface area (Å²) < 4.78 is 29.2. The van der Waals surface area contributed by atoms with E-state index in [-0.39, 0.29) is 62.8 Å². The second kappa shape index (κ2) is 25.9. The number of epoxide rings is 1. The lowest BCUT2D eigenvalue weighted by atomic mass is 9.92. The summed E-state index contributed by atoms with van der Waals surface area (Å²) in [5, 5.41) is 14.2. The monoisotopic (exact) mass is 1090 g/mol. The molecule has 7 rings (SSSR count). The summed E-state index contributed by atoms with van der Waals surface area (Å²) in [6, 6.07) is 25.6. The number of benzene rings is 4. The number of methoxy groups -OCH3 is 1. The van der Waals surface area contributed by atoms with Crippen molar-refractivity contribution in [2.75, 3.05) is 20.3 Å². The summed E-state index contributed by atoms with van der Waals surface area (Å²) in [4.78, 5) is 94.6. The molecular weight excluding hydrogens is 1020 g/mol. The number of esters is 2. The lowest BCUT2D eigenvalue weighted by molar-refractivity contribution is -0.179. The first-order valence-corrected chi connectivity index (χ1v) is 26.9. The molecule has 416 valence electrons. The summed E-state index contributed by atoms with van der Waals surface area (Å²) >= 11 is 6.38. The van der Waals surface area contributed by atoms with Gasteiger partial charge in [-0.15, -0.1) is 0 Å². The molecule has 1 aliphatic carbocycles. The Morgan fingerprint density at radius 3 is 2.10 bits per heavy atom. The molecule has 0 radical (unpaired) electrons. The van der Waals surface area contributed by atoms with Crippen molar-refractivity contribution in [1.82, 2.24) is 26.6 Å². The molecule has 1 saturated heterocycles. The van der Waals surface area contributed by atoms with E-state index in [1.54, 1.807) is 58.9 Å². The number of carbonyl (C=O) groups is 7. The molecule has 2 heterocycles. The van der Waals surface area contributed by atoms with Crippen LogP contribution < -0.4 is 31.3 Å². The number of hydrogen-bond donors (Lipinski definition) is 5. The summed E-state index contributed by atoms with van der Waals surface area (Å²) in [6.07, 6.45) is -0.329. The van der Waals surface area contributed by atoms with Gasteiger partial charge in [-0.25, -0.2) is 9.59 Å². The van der Waals surface area contributed by atoms with Crippen molar-refractivity contribution in [2.24, 2.45) is 23.2 Å². The number of ether oxygens (including phenoxy) is 5. The Morgan fingerprint density at radius 2 is 1.47 bits per heavy atom. The van der Waals surface area contributed by atoms with Gasteiger partial charge in [0.25, 0.3) is 0 Å². The summed E-state index contributed by atoms with van der Waals surface area (Å²) in [5.74, 6) is -3.96. The molecule has 78 heavy (non-hydrogen) atoms. The lowest BCUT2D eigenvalue weighted by Crippen LogP contribution is -2.54. The van der Waals surface area contributed by atoms with Gasteiger partial charge >= 0.3 is 18.0 Å². The van der Waals surface area contributed by atoms with Crippen molar-refractivity contribution in [2.45, 2.75) is 130 Å². The van der Waals surface area contributed by atoms with Crippen LogP contribution >= 0.6 is 11.6 Å². The number of fused-ring (bicyclic) bond motifs is 3. The minimum atomic E-state index is -1.27. The highest BCUT2D eigenvalue weighted by atomic mass is 35.5. The van der Waals surface area contributed by atoms with Crippen LogP contribution in [0.4, 0.5) is 4.79 Å². The molecule has 0 aromatic heterocycles. The predicted molar refractivity (Wildman–Crippen MR) is 293 cm³/mol. The zero-order valence-electron chi connectivity index (χ0n) is 45.7. The molecule has 0 saturated carbocycles. The highest BCUT2D eigenvalue weighted by Crippen LogP contribution is 2.46. The third kappa shape index (κ3) is 14.9. The third-order valence-electron chi connectivity index (χ3n) is 14.4. The second-order valence-corrected chi connectivity index (χ2v) is 22.1. The van der Waals surface area contributed by atoms with E-state index in [0.29, 0.717) is 16.3 Å². The minimum Gasteiger partial charge on any atom is -0.495 e. The molecule has 17 nitrogen and oxygen atoms in total. The average Bonchev–Trinajstić information content (AvgIpc) is 4.20. The maximum Gasteiger partial charge on any atom is 0.407 e. The van der Waals surface area contributed by atoms with E-state index >= 15 is 0 Å². The highest BCUT2D eigenvalue weighted by molar-refractivity contribution is 6.32. The third-order valence-corrected chi connectivity index (χ3v) is 14.7. The zero-order valence-corrected chi connectivity index (χ0v) is 46.4. The van der Waals surface area contributed by atoms with Crippen molar-refractivity contribution in [1.29, 1.82) is 0 Å². The maximum absolute atomic E-state index is 14.0. The molecule has 5 N–H and O–H groups in total. The van der Waals surface area contributed by atoms with Crippen molar-refractivity contribution in [3.05, 3.63) is 136 Å². The van der Waals surface area contributed by atoms with Gasteiger partial charge in [-0.3, -0.25) is 24.0 Å². The molecular formula is C60H72ClN5O12. The predicted octanol–water partition coefficient (Wildman–Crippen LogP) is 7.81. The molecule has 5 amide bonds. The largest absolute Gasteiger partial charge is 0.495 e. The molecule has 1 fully saturated rings. The fourth-order valence-corrected chi connectivity index (χ4v) is 9.94. The molecule has 4 aromatic carbocycles.